The molecule has 0 amide bonds. The summed E-state index contributed by atoms with van der Waals surface area (Å²) in [5, 5.41) is 0. The first kappa shape index (κ1) is 1430. The molecule has 0 bridgehead atoms. The molecule has 0 aliphatic rings. The van der Waals surface area contributed by atoms with E-state index in [1.807, 2.05) is 0 Å². The van der Waals surface area contributed by atoms with Gasteiger partial charge < -0.3 is 38.3 Å². The molecule has 10 N–H and O–H groups in total. The topological polar surface area (TPSA) is 214 Å². The second-order valence-corrected chi connectivity index (χ2v) is 0. The number of hydrogen-bond donors (Lipinski definition) is 0. The minimum absolute atomic E-state index is 0. The van der Waals surface area contributed by atoms with E-state index >= 15 is 0 Å². The van der Waals surface area contributed by atoms with Crippen LogP contribution in [0.4, 0.5) is 0 Å². The van der Waals surface area contributed by atoms with Gasteiger partial charge in [0.25, 0.3) is 0 Å². The average Bonchev–Trinajstić information content (AvgIpc) is 0. The van der Waals surface area contributed by atoms with Crippen LogP contribution in [-0.2, 0) is 38.7 Å². The molecule has 71 valence electrons. The van der Waals surface area contributed by atoms with Gasteiger partial charge in [-0.25, -0.2) is 0 Å². The van der Waals surface area contributed by atoms with Gasteiger partial charge in [0.05, 0.1) is 0 Å². The Hall–Kier alpha value is 0.720. The van der Waals surface area contributed by atoms with Gasteiger partial charge in [-0.15, -0.1) is 0 Å². The monoisotopic (exact) mass is 239 g/mol. The largest absolute Gasteiger partial charge is 2.00 e. The molecule has 9 heavy (non-hydrogen) atoms. The summed E-state index contributed by atoms with van der Waals surface area (Å²) in [5.41, 5.74) is 0. The van der Waals surface area contributed by atoms with E-state index in [0.717, 1.165) is 0 Å². The Bertz CT molecular complexity index is 8.88. The first-order valence-corrected chi connectivity index (χ1v) is 0. The Labute approximate surface area is 72.1 Å². The van der Waals surface area contributed by atoms with E-state index in [9.17, 15) is 0 Å². The molecule has 7 nitrogen and oxygen atoms in total. The number of rotatable bonds is 0. The SMILES string of the molecule is [Co+2].[Ni+2].[OH-].[OH-].[OH-].[OH-].[OH-].[OH-].[OH4+2]. The molecular weight excluding hydrogens is 230 g/mol. The molecule has 0 aromatic carbocycles. The maximum Gasteiger partial charge on any atom is 2.00 e. The van der Waals surface area contributed by atoms with Crippen molar-refractivity contribution in [3.05, 3.63) is 0 Å². The Morgan fingerprint density at radius 1 is 0.444 bits per heavy atom. The van der Waals surface area contributed by atoms with Gasteiger partial charge in [0.1, 0.15) is 0 Å². The van der Waals surface area contributed by atoms with E-state index in [0.29, 0.717) is 0 Å². The molecule has 0 saturated heterocycles. The fourth-order valence-corrected chi connectivity index (χ4v) is 0. The van der Waals surface area contributed by atoms with E-state index in [2.05, 4.69) is 0 Å². The van der Waals surface area contributed by atoms with Crippen molar-refractivity contribution < 1.29 is 71.6 Å². The van der Waals surface area contributed by atoms with Crippen molar-refractivity contribution in [2.45, 2.75) is 0 Å². The molecule has 1 radical (unpaired) electrons. The van der Waals surface area contributed by atoms with E-state index in [-0.39, 0.29) is 71.6 Å². The summed E-state index contributed by atoms with van der Waals surface area (Å²) in [4.78, 5) is 0. The van der Waals surface area contributed by atoms with Gasteiger partial charge in [0, 0.05) is 0 Å². The van der Waals surface area contributed by atoms with Crippen molar-refractivity contribution in [3.63, 3.8) is 0 Å². The second kappa shape index (κ2) is 1000. The van der Waals surface area contributed by atoms with Gasteiger partial charge in [-0.3, -0.25) is 0 Å². The van der Waals surface area contributed by atoms with Crippen LogP contribution in [0.15, 0.2) is 0 Å². The average molecular weight is 240 g/mol. The minimum Gasteiger partial charge on any atom is -0.873 e. The smallest absolute Gasteiger partial charge is 0.873 e. The van der Waals surface area contributed by atoms with Gasteiger partial charge in [-0.2, -0.15) is 0 Å². The quantitative estimate of drug-likeness (QED) is 0.425. The maximum absolute atomic E-state index is 0. The first-order valence-electron chi connectivity index (χ1n) is 0. The zero-order chi connectivity index (χ0) is 0. The van der Waals surface area contributed by atoms with Crippen LogP contribution in [-0.4, -0.2) is 32.9 Å². The third-order valence-electron chi connectivity index (χ3n) is 0. The van der Waals surface area contributed by atoms with Crippen LogP contribution in [0.3, 0.4) is 0 Å². The van der Waals surface area contributed by atoms with Gasteiger partial charge in [-0.1, -0.05) is 0 Å². The molecule has 0 spiro atoms. The molecule has 0 rings (SSSR count). The van der Waals surface area contributed by atoms with Crippen LogP contribution < -0.4 is 0 Å². The van der Waals surface area contributed by atoms with E-state index in [1.54, 1.807) is 0 Å². The molecule has 0 aromatic rings. The molecule has 0 aliphatic carbocycles. The third kappa shape index (κ3) is 760. The summed E-state index contributed by atoms with van der Waals surface area (Å²) in [7, 11) is 0. The predicted octanol–water partition coefficient (Wildman–Crippen LogP) is -2.26. The summed E-state index contributed by atoms with van der Waals surface area (Å²) < 4.78 is 0. The molecule has 0 aromatic heterocycles. The van der Waals surface area contributed by atoms with Crippen LogP contribution in [0.2, 0.25) is 0 Å². The fraction of sp³-hybridized carbons (Fsp3) is 0. The third-order valence-corrected chi connectivity index (χ3v) is 0. The molecule has 0 aliphatic heterocycles. The molecule has 0 heterocycles. The zero-order valence-corrected chi connectivity index (χ0v) is 6.07. The summed E-state index contributed by atoms with van der Waals surface area (Å²) in [6, 6.07) is 0. The summed E-state index contributed by atoms with van der Waals surface area (Å²) >= 11 is 0. The van der Waals surface area contributed by atoms with Gasteiger partial charge in [0.2, 0.25) is 0 Å². The number of hydrogen-bond acceptors (Lipinski definition) is 6. The van der Waals surface area contributed by atoms with Gasteiger partial charge >= 0.3 is 33.3 Å². The summed E-state index contributed by atoms with van der Waals surface area (Å²) in [6.07, 6.45) is 0. The van der Waals surface area contributed by atoms with Crippen LogP contribution in [0.5, 0.6) is 0 Å². The Morgan fingerprint density at radius 3 is 0.444 bits per heavy atom. The van der Waals surface area contributed by atoms with Crippen molar-refractivity contribution in [1.82, 2.24) is 0 Å². The van der Waals surface area contributed by atoms with Gasteiger partial charge in [0.15, 0.2) is 0 Å². The summed E-state index contributed by atoms with van der Waals surface area (Å²) in [5.74, 6) is 0. The molecule has 0 unspecified atom stereocenters. The van der Waals surface area contributed by atoms with E-state index in [4.69, 9.17) is 0 Å². The van der Waals surface area contributed by atoms with Crippen molar-refractivity contribution in [3.8, 4) is 0 Å². The van der Waals surface area contributed by atoms with E-state index < -0.39 is 0 Å². The standard InChI is InChI=1S/Co.Ni.H4O.6H2O/h;;1H4;6*1H2/q3*+2;;;;;;/p-6. The van der Waals surface area contributed by atoms with Crippen molar-refractivity contribution in [1.29, 1.82) is 0 Å². The molecule has 9 heteroatoms. The van der Waals surface area contributed by atoms with Crippen LogP contribution in [0.25, 0.3) is 0 Å². The van der Waals surface area contributed by atoms with Crippen LogP contribution in [0.1, 0.15) is 0 Å². The van der Waals surface area contributed by atoms with E-state index in [1.165, 1.54) is 0 Å². The molecule has 0 fully saturated rings. The first-order chi connectivity index (χ1) is 0. The fourth-order valence-electron chi connectivity index (χ4n) is 0. The van der Waals surface area contributed by atoms with Crippen molar-refractivity contribution in [2.75, 3.05) is 0 Å². The minimum atomic E-state index is 0. The van der Waals surface area contributed by atoms with Crippen LogP contribution >= 0.6 is 0 Å². The Morgan fingerprint density at radius 2 is 0.444 bits per heavy atom. The van der Waals surface area contributed by atoms with Crippen molar-refractivity contribution >= 4 is 0 Å². The Kier molecular flexibility index (Phi) is 159000. The second-order valence-electron chi connectivity index (χ2n) is 0. The summed E-state index contributed by atoms with van der Waals surface area (Å²) in [6.45, 7) is 0. The predicted molar refractivity (Wildman–Crippen MR) is 17.9 cm³/mol. The zero-order valence-electron chi connectivity index (χ0n) is 4.04. The normalized spacial score (nSPS) is 0. The maximum atomic E-state index is 0. The molecular formula is H10CoNiO7. The molecule has 0 saturated carbocycles. The van der Waals surface area contributed by atoms with Crippen LogP contribution in [0, 0.1) is 0 Å². The van der Waals surface area contributed by atoms with Gasteiger partial charge in [-0.05, 0) is 0 Å². The van der Waals surface area contributed by atoms with Crippen molar-refractivity contribution in [2.24, 2.45) is 0 Å². The Balaban J connectivity index is 0. The molecule has 0 atom stereocenters.